The third kappa shape index (κ3) is 3.78. The second kappa shape index (κ2) is 7.65. The molecule has 11 heteroatoms. The predicted octanol–water partition coefficient (Wildman–Crippen LogP) is 2.42. The smallest absolute Gasteiger partial charge is 0.434 e. The van der Waals surface area contributed by atoms with Gasteiger partial charge in [0.25, 0.3) is 5.91 Å². The number of ether oxygens (including phenoxy) is 2. The fourth-order valence-corrected chi connectivity index (χ4v) is 3.17. The standard InChI is InChI=1S/C19H16F3N5O3/c1-29-16-7-6-15(25-26-16)27-17(19(20,21)22)13(10-24-27)18(28)23-9-12-8-11-4-2-3-5-14(11)30-12/h2-7,10,12H,8-9H2,1H3,(H,23,28). The highest BCUT2D eigenvalue weighted by molar-refractivity contribution is 5.95. The van der Waals surface area contributed by atoms with E-state index >= 15 is 0 Å². The van der Waals surface area contributed by atoms with Gasteiger partial charge in [0.2, 0.25) is 5.88 Å². The van der Waals surface area contributed by atoms with Gasteiger partial charge in [-0.05, 0) is 17.7 Å². The topological polar surface area (TPSA) is 91.2 Å². The number of amides is 1. The number of fused-ring (bicyclic) bond motifs is 1. The number of para-hydroxylation sites is 1. The van der Waals surface area contributed by atoms with Gasteiger partial charge < -0.3 is 14.8 Å². The summed E-state index contributed by atoms with van der Waals surface area (Å²) in [4.78, 5) is 12.5. The molecule has 1 aliphatic rings. The molecular formula is C19H16F3N5O3. The van der Waals surface area contributed by atoms with Crippen LogP contribution in [0, 0.1) is 0 Å². The van der Waals surface area contributed by atoms with Crippen LogP contribution in [0.4, 0.5) is 13.2 Å². The van der Waals surface area contributed by atoms with Gasteiger partial charge in [0, 0.05) is 12.5 Å². The molecule has 0 spiro atoms. The lowest BCUT2D eigenvalue weighted by Gasteiger charge is -2.14. The van der Waals surface area contributed by atoms with Crippen molar-refractivity contribution in [1.29, 1.82) is 0 Å². The number of hydrogen-bond donors (Lipinski definition) is 1. The quantitative estimate of drug-likeness (QED) is 0.683. The molecule has 156 valence electrons. The van der Waals surface area contributed by atoms with Crippen LogP contribution in [0.5, 0.6) is 11.6 Å². The SMILES string of the molecule is COc1ccc(-n2ncc(C(=O)NCC3Cc4ccccc4O3)c2C(F)(F)F)nn1. The van der Waals surface area contributed by atoms with Gasteiger partial charge in [0.05, 0.1) is 25.4 Å². The fraction of sp³-hybridized carbons (Fsp3) is 0.263. The lowest BCUT2D eigenvalue weighted by atomic mass is 10.1. The van der Waals surface area contributed by atoms with E-state index in [4.69, 9.17) is 9.47 Å². The minimum absolute atomic E-state index is 0.0539. The van der Waals surface area contributed by atoms with Crippen molar-refractivity contribution in [2.24, 2.45) is 0 Å². The normalized spacial score (nSPS) is 15.4. The highest BCUT2D eigenvalue weighted by Gasteiger charge is 2.41. The molecule has 3 heterocycles. The number of benzene rings is 1. The van der Waals surface area contributed by atoms with Gasteiger partial charge in [-0.15, -0.1) is 10.2 Å². The monoisotopic (exact) mass is 419 g/mol. The Kier molecular flexibility index (Phi) is 5.02. The summed E-state index contributed by atoms with van der Waals surface area (Å²) < 4.78 is 52.2. The molecule has 0 radical (unpaired) electrons. The maximum atomic E-state index is 13.7. The van der Waals surface area contributed by atoms with Gasteiger partial charge in [-0.1, -0.05) is 18.2 Å². The van der Waals surface area contributed by atoms with E-state index in [0.717, 1.165) is 11.8 Å². The minimum atomic E-state index is -4.84. The highest BCUT2D eigenvalue weighted by atomic mass is 19.4. The molecule has 0 fully saturated rings. The van der Waals surface area contributed by atoms with Crippen LogP contribution in [0.25, 0.3) is 5.82 Å². The van der Waals surface area contributed by atoms with Crippen LogP contribution in [0.3, 0.4) is 0 Å². The average molecular weight is 419 g/mol. The zero-order valence-electron chi connectivity index (χ0n) is 15.7. The zero-order valence-corrected chi connectivity index (χ0v) is 15.7. The molecule has 30 heavy (non-hydrogen) atoms. The first-order valence-electron chi connectivity index (χ1n) is 8.93. The molecule has 1 aliphatic heterocycles. The van der Waals surface area contributed by atoms with Gasteiger partial charge in [-0.25, -0.2) is 4.68 Å². The Hall–Kier alpha value is -3.63. The summed E-state index contributed by atoms with van der Waals surface area (Å²) in [6, 6.07) is 10.0. The van der Waals surface area contributed by atoms with Crippen molar-refractivity contribution in [2.75, 3.05) is 13.7 Å². The molecule has 0 saturated carbocycles. The molecule has 3 aromatic rings. The van der Waals surface area contributed by atoms with Crippen molar-refractivity contribution >= 4 is 5.91 Å². The first-order chi connectivity index (χ1) is 14.4. The molecule has 0 saturated heterocycles. The van der Waals surface area contributed by atoms with Crippen LogP contribution in [-0.2, 0) is 12.6 Å². The number of alkyl halides is 3. The van der Waals surface area contributed by atoms with Crippen LogP contribution in [0.2, 0.25) is 0 Å². The van der Waals surface area contributed by atoms with E-state index in [1.165, 1.54) is 19.2 Å². The Morgan fingerprint density at radius 1 is 1.27 bits per heavy atom. The maximum Gasteiger partial charge on any atom is 0.434 e. The Balaban J connectivity index is 1.53. The van der Waals surface area contributed by atoms with Gasteiger partial charge in [0.15, 0.2) is 11.5 Å². The molecule has 2 aromatic heterocycles. The third-order valence-corrected chi connectivity index (χ3v) is 4.54. The number of aromatic nitrogens is 4. The summed E-state index contributed by atoms with van der Waals surface area (Å²) in [6.07, 6.45) is -3.79. The highest BCUT2D eigenvalue weighted by Crippen LogP contribution is 2.33. The Bertz CT molecular complexity index is 1040. The second-order valence-electron chi connectivity index (χ2n) is 6.51. The van der Waals surface area contributed by atoms with Crippen LogP contribution in [0.1, 0.15) is 21.6 Å². The molecule has 0 bridgehead atoms. The van der Waals surface area contributed by atoms with Crippen molar-refractivity contribution in [2.45, 2.75) is 18.7 Å². The minimum Gasteiger partial charge on any atom is -0.488 e. The molecule has 1 aromatic carbocycles. The Morgan fingerprint density at radius 2 is 2.07 bits per heavy atom. The molecule has 4 rings (SSSR count). The second-order valence-corrected chi connectivity index (χ2v) is 6.51. The van der Waals surface area contributed by atoms with E-state index in [-0.39, 0.29) is 24.3 Å². The van der Waals surface area contributed by atoms with Crippen LogP contribution < -0.4 is 14.8 Å². The van der Waals surface area contributed by atoms with E-state index in [2.05, 4.69) is 20.6 Å². The molecule has 1 N–H and O–H groups in total. The number of methoxy groups -OCH3 is 1. The number of halogens is 3. The zero-order chi connectivity index (χ0) is 21.3. The summed E-state index contributed by atoms with van der Waals surface area (Å²) in [5, 5.41) is 13.5. The summed E-state index contributed by atoms with van der Waals surface area (Å²) in [6.45, 7) is 0.0539. The number of carbonyl (C=O) groups is 1. The molecule has 1 atom stereocenters. The summed E-state index contributed by atoms with van der Waals surface area (Å²) in [5.74, 6) is -0.264. The van der Waals surface area contributed by atoms with Crippen molar-refractivity contribution in [3.05, 3.63) is 59.4 Å². The number of carbonyl (C=O) groups excluding carboxylic acids is 1. The molecular weight excluding hydrogens is 403 g/mol. The van der Waals surface area contributed by atoms with Gasteiger partial charge in [-0.2, -0.15) is 18.3 Å². The number of nitrogens with zero attached hydrogens (tertiary/aromatic N) is 4. The van der Waals surface area contributed by atoms with Gasteiger partial charge >= 0.3 is 6.18 Å². The van der Waals surface area contributed by atoms with Crippen LogP contribution in [-0.4, -0.2) is 45.6 Å². The molecule has 1 unspecified atom stereocenters. The number of rotatable bonds is 5. The summed E-state index contributed by atoms with van der Waals surface area (Å²) in [5.41, 5.74) is -0.871. The van der Waals surface area contributed by atoms with E-state index < -0.39 is 23.3 Å². The molecule has 1 amide bonds. The fourth-order valence-electron chi connectivity index (χ4n) is 3.17. The first-order valence-corrected chi connectivity index (χ1v) is 8.93. The Labute approximate surface area is 168 Å². The van der Waals surface area contributed by atoms with Crippen molar-refractivity contribution in [1.82, 2.24) is 25.3 Å². The summed E-state index contributed by atoms with van der Waals surface area (Å²) >= 11 is 0. The van der Waals surface area contributed by atoms with E-state index in [9.17, 15) is 18.0 Å². The van der Waals surface area contributed by atoms with Crippen LogP contribution in [0.15, 0.2) is 42.6 Å². The van der Waals surface area contributed by atoms with E-state index in [0.29, 0.717) is 16.9 Å². The average Bonchev–Trinajstić information content (AvgIpc) is 3.36. The van der Waals surface area contributed by atoms with Gasteiger partial charge in [0.1, 0.15) is 11.9 Å². The van der Waals surface area contributed by atoms with Crippen molar-refractivity contribution in [3.63, 3.8) is 0 Å². The van der Waals surface area contributed by atoms with E-state index in [1.54, 1.807) is 6.07 Å². The number of nitrogens with one attached hydrogen (secondary N) is 1. The maximum absolute atomic E-state index is 13.7. The lowest BCUT2D eigenvalue weighted by Crippen LogP contribution is -2.35. The molecule has 0 aliphatic carbocycles. The van der Waals surface area contributed by atoms with Crippen molar-refractivity contribution < 1.29 is 27.4 Å². The van der Waals surface area contributed by atoms with E-state index in [1.807, 2.05) is 18.2 Å². The lowest BCUT2D eigenvalue weighted by molar-refractivity contribution is -0.143. The largest absolute Gasteiger partial charge is 0.488 e. The third-order valence-electron chi connectivity index (χ3n) is 4.54. The van der Waals surface area contributed by atoms with Gasteiger partial charge in [-0.3, -0.25) is 4.79 Å². The van der Waals surface area contributed by atoms with Crippen molar-refractivity contribution in [3.8, 4) is 17.4 Å². The number of hydrogen-bond acceptors (Lipinski definition) is 6. The summed E-state index contributed by atoms with van der Waals surface area (Å²) in [7, 11) is 1.35. The predicted molar refractivity (Wildman–Crippen MR) is 97.6 cm³/mol. The Morgan fingerprint density at radius 3 is 2.73 bits per heavy atom. The van der Waals surface area contributed by atoms with Crippen LogP contribution >= 0.6 is 0 Å². The molecule has 8 nitrogen and oxygen atoms in total. The first kappa shape index (κ1) is 19.7.